The van der Waals surface area contributed by atoms with Crippen LogP contribution in [0.15, 0.2) is 42.5 Å². The number of nitrogens with one attached hydrogen (secondary N) is 1. The Hall–Kier alpha value is -1.97. The highest BCUT2D eigenvalue weighted by Crippen LogP contribution is 2.41. The quantitative estimate of drug-likeness (QED) is 0.199. The van der Waals surface area contributed by atoms with Gasteiger partial charge in [0.05, 0.1) is 31.0 Å². The molecule has 3 aliphatic rings. The van der Waals surface area contributed by atoms with Gasteiger partial charge in [-0.2, -0.15) is 0 Å². The van der Waals surface area contributed by atoms with Crippen molar-refractivity contribution in [2.45, 2.75) is 148 Å². The molecule has 0 spiro atoms. The molecule has 15 atom stereocenters. The normalized spacial score (nSPS) is 38.7. The van der Waals surface area contributed by atoms with Crippen molar-refractivity contribution >= 4 is 24.8 Å². The molecular weight excluding hydrogens is 683 g/mol. The first-order valence-corrected chi connectivity index (χ1v) is 23.0. The Labute approximate surface area is 310 Å². The minimum atomic E-state index is -1.47. The summed E-state index contributed by atoms with van der Waals surface area (Å²) in [7, 11) is -1.25. The van der Waals surface area contributed by atoms with Crippen LogP contribution < -0.4 is 5.32 Å². The molecule has 1 amide bonds. The summed E-state index contributed by atoms with van der Waals surface area (Å²) in [5, 5.41) is 37.0. The molecule has 10 unspecified atom stereocenters. The molecule has 52 heavy (non-hydrogen) atoms. The lowest BCUT2D eigenvalue weighted by atomic mass is 9.82. The molecule has 3 saturated heterocycles. The first kappa shape index (κ1) is 41.2. The minimum Gasteiger partial charge on any atom is -0.394 e. The second-order valence-corrected chi connectivity index (χ2v) is 22.1. The van der Waals surface area contributed by atoms with E-state index in [4.69, 9.17) is 28.4 Å². The highest BCUT2D eigenvalue weighted by molar-refractivity contribution is 6.76. The monoisotopic (exact) mass is 745 g/mol. The average Bonchev–Trinajstić information content (AvgIpc) is 3.12. The number of hydrogen-bond acceptors (Lipinski definition) is 10. The summed E-state index contributed by atoms with van der Waals surface area (Å²) in [5.74, 6) is -0.616. The molecule has 0 bridgehead atoms. The highest BCUT2D eigenvalue weighted by Gasteiger charge is 2.51. The zero-order chi connectivity index (χ0) is 37.9. The molecule has 0 aromatic heterocycles. The van der Waals surface area contributed by atoms with Gasteiger partial charge < -0.3 is 49.1 Å². The van der Waals surface area contributed by atoms with Crippen LogP contribution in [0.5, 0.6) is 0 Å². The summed E-state index contributed by atoms with van der Waals surface area (Å²) < 4.78 is 39.2. The van der Waals surface area contributed by atoms with Crippen molar-refractivity contribution in [2.75, 3.05) is 13.2 Å². The number of benzene rings is 2. The Bertz CT molecular complexity index is 1450. The molecule has 5 rings (SSSR count). The van der Waals surface area contributed by atoms with E-state index in [9.17, 15) is 20.1 Å². The first-order valence-electron chi connectivity index (χ1n) is 19.3. The molecule has 4 N–H and O–H groups in total. The standard InChI is InChI=1S/C40H63NO10Si/c1-10-29-24(5)35(25(6)39(47-29)51-36-22(3)23(4)38(48-30(36)11-2)46-18-19-52(7,8)9)50-40-32(34(44)33(43)31(21-42)49-40)41-37(45)28-17-16-26-14-12-13-15-27(26)20-28/h12-17,20,22-25,29-36,38-40,42-44H,10-11,18-19,21H2,1-9H3,(H,41,45)/t22?,23?,24-,25?,29?,30?,31?,32?,33+,34?,35?,36-,38+,39?,40-/m0/s1. The SMILES string of the molecule is CCC1OC(O[C@@H]2C(CC)O[C@@H](OCC[Si](C)(C)C)C(C)C2C)C(C)C(O[C@@H]2OC(CO)[C@@H](O)C(O)C2NC(=O)c2ccc3ccccc3c2)[C@H]1C. The van der Waals surface area contributed by atoms with Crippen LogP contribution >= 0.6 is 0 Å². The van der Waals surface area contributed by atoms with Crippen LogP contribution in [0, 0.1) is 23.7 Å². The second kappa shape index (κ2) is 17.7. The van der Waals surface area contributed by atoms with Crippen LogP contribution in [-0.4, -0.2) is 110 Å². The fourth-order valence-corrected chi connectivity index (χ4v) is 8.57. The number of hydrogen-bond donors (Lipinski definition) is 4. The van der Waals surface area contributed by atoms with Gasteiger partial charge >= 0.3 is 0 Å². The molecule has 3 aliphatic heterocycles. The van der Waals surface area contributed by atoms with Crippen LogP contribution in [0.2, 0.25) is 25.7 Å². The van der Waals surface area contributed by atoms with Gasteiger partial charge in [-0.1, -0.05) is 91.5 Å². The van der Waals surface area contributed by atoms with E-state index in [2.05, 4.69) is 59.6 Å². The summed E-state index contributed by atoms with van der Waals surface area (Å²) in [6.07, 6.45) is -5.79. The van der Waals surface area contributed by atoms with E-state index in [1.54, 1.807) is 12.1 Å². The number of carbonyl (C=O) groups is 1. The molecule has 0 radical (unpaired) electrons. The van der Waals surface area contributed by atoms with Gasteiger partial charge in [-0.25, -0.2) is 0 Å². The lowest BCUT2D eigenvalue weighted by Gasteiger charge is -2.51. The predicted octanol–water partition coefficient (Wildman–Crippen LogP) is 5.32. The van der Waals surface area contributed by atoms with Crippen molar-refractivity contribution in [3.05, 3.63) is 48.0 Å². The van der Waals surface area contributed by atoms with Crippen molar-refractivity contribution in [3.63, 3.8) is 0 Å². The zero-order valence-electron chi connectivity index (χ0n) is 32.4. The number of ether oxygens (including phenoxy) is 6. The summed E-state index contributed by atoms with van der Waals surface area (Å²) in [4.78, 5) is 13.6. The van der Waals surface area contributed by atoms with Crippen LogP contribution in [0.25, 0.3) is 10.8 Å². The van der Waals surface area contributed by atoms with Crippen molar-refractivity contribution in [1.29, 1.82) is 0 Å². The maximum absolute atomic E-state index is 13.6. The third-order valence-electron chi connectivity index (χ3n) is 11.5. The molecule has 12 heteroatoms. The number of carbonyl (C=O) groups excluding carboxylic acids is 1. The highest BCUT2D eigenvalue weighted by atomic mass is 28.3. The largest absolute Gasteiger partial charge is 0.394 e. The molecule has 11 nitrogen and oxygen atoms in total. The third kappa shape index (κ3) is 9.27. The van der Waals surface area contributed by atoms with Gasteiger partial charge in [0.2, 0.25) is 0 Å². The van der Waals surface area contributed by atoms with Crippen LogP contribution in [0.4, 0.5) is 0 Å². The Morgan fingerprint density at radius 1 is 0.750 bits per heavy atom. The van der Waals surface area contributed by atoms with E-state index >= 15 is 0 Å². The molecule has 2 aromatic rings. The summed E-state index contributed by atoms with van der Waals surface area (Å²) in [5.41, 5.74) is 0.392. The van der Waals surface area contributed by atoms with Gasteiger partial charge in [-0.05, 0) is 47.7 Å². The summed E-state index contributed by atoms with van der Waals surface area (Å²) in [6, 6.07) is 13.0. The fraction of sp³-hybridized carbons (Fsp3) is 0.725. The van der Waals surface area contributed by atoms with Gasteiger partial charge in [-0.15, -0.1) is 0 Å². The Balaban J connectivity index is 1.34. The number of fused-ring (bicyclic) bond motifs is 1. The first-order chi connectivity index (χ1) is 24.7. The topological polar surface area (TPSA) is 145 Å². The van der Waals surface area contributed by atoms with E-state index < -0.39 is 63.6 Å². The van der Waals surface area contributed by atoms with Crippen LogP contribution in [0.1, 0.15) is 64.7 Å². The van der Waals surface area contributed by atoms with E-state index in [0.29, 0.717) is 18.6 Å². The predicted molar refractivity (Wildman–Crippen MR) is 201 cm³/mol. The number of aliphatic hydroxyl groups excluding tert-OH is 3. The van der Waals surface area contributed by atoms with Gasteiger partial charge in [0, 0.05) is 38.0 Å². The van der Waals surface area contributed by atoms with Crippen molar-refractivity contribution in [1.82, 2.24) is 5.32 Å². The Morgan fingerprint density at radius 3 is 2.04 bits per heavy atom. The molecular formula is C40H63NO10Si. The van der Waals surface area contributed by atoms with Crippen molar-refractivity contribution in [2.24, 2.45) is 23.7 Å². The number of amides is 1. The molecule has 2 aromatic carbocycles. The average molecular weight is 746 g/mol. The van der Waals surface area contributed by atoms with Gasteiger partial charge in [-0.3, -0.25) is 4.79 Å². The zero-order valence-corrected chi connectivity index (χ0v) is 33.4. The Morgan fingerprint density at radius 2 is 1.38 bits per heavy atom. The smallest absolute Gasteiger partial charge is 0.251 e. The van der Waals surface area contributed by atoms with Crippen molar-refractivity contribution in [3.8, 4) is 0 Å². The molecule has 0 saturated carbocycles. The van der Waals surface area contributed by atoms with Crippen LogP contribution in [-0.2, 0) is 28.4 Å². The van der Waals surface area contributed by atoms with E-state index in [1.165, 1.54) is 0 Å². The molecule has 292 valence electrons. The maximum atomic E-state index is 13.6. The minimum absolute atomic E-state index is 0.104. The second-order valence-electron chi connectivity index (χ2n) is 16.5. The van der Waals surface area contributed by atoms with Crippen LogP contribution in [0.3, 0.4) is 0 Å². The fourth-order valence-electron chi connectivity index (χ4n) is 7.84. The third-order valence-corrected chi connectivity index (χ3v) is 13.2. The summed E-state index contributed by atoms with van der Waals surface area (Å²) in [6.45, 7) is 19.7. The van der Waals surface area contributed by atoms with Crippen molar-refractivity contribution < 1.29 is 48.5 Å². The van der Waals surface area contributed by atoms with E-state index in [1.807, 2.05) is 37.3 Å². The van der Waals surface area contributed by atoms with Gasteiger partial charge in [0.15, 0.2) is 18.9 Å². The molecule has 3 fully saturated rings. The van der Waals surface area contributed by atoms with Gasteiger partial charge in [0.1, 0.15) is 24.4 Å². The summed E-state index contributed by atoms with van der Waals surface area (Å²) >= 11 is 0. The van der Waals surface area contributed by atoms with E-state index in [0.717, 1.165) is 23.2 Å². The van der Waals surface area contributed by atoms with E-state index in [-0.39, 0.29) is 48.3 Å². The maximum Gasteiger partial charge on any atom is 0.251 e. The number of aliphatic hydroxyl groups is 3. The number of rotatable bonds is 13. The molecule has 3 heterocycles. The van der Waals surface area contributed by atoms with Gasteiger partial charge in [0.25, 0.3) is 5.91 Å². The lowest BCUT2D eigenvalue weighted by Crippen LogP contribution is -2.66. The Kier molecular flexibility index (Phi) is 14.0. The molecule has 0 aliphatic carbocycles. The lowest BCUT2D eigenvalue weighted by molar-refractivity contribution is -0.349.